The van der Waals surface area contributed by atoms with Crippen LogP contribution in [-0.4, -0.2) is 11.1 Å². The lowest BCUT2D eigenvalue weighted by atomic mass is 9.95. The standard InChI is InChI=1S/C17H24N2/c18-11-4-5-14-8-9-15-10-12-19(17(15)13-14)16-6-2-1-3-7-16/h8-10,12-13,16H,1-7,11,18H2. The summed E-state index contributed by atoms with van der Waals surface area (Å²) in [5.41, 5.74) is 8.45. The van der Waals surface area contributed by atoms with Crippen LogP contribution in [0.15, 0.2) is 30.5 Å². The summed E-state index contributed by atoms with van der Waals surface area (Å²) in [5.74, 6) is 0. The monoisotopic (exact) mass is 256 g/mol. The summed E-state index contributed by atoms with van der Waals surface area (Å²) in [6, 6.07) is 9.87. The van der Waals surface area contributed by atoms with Crippen molar-refractivity contribution in [2.75, 3.05) is 6.54 Å². The van der Waals surface area contributed by atoms with Crippen LogP contribution in [0.3, 0.4) is 0 Å². The minimum Gasteiger partial charge on any atom is -0.344 e. The molecule has 0 spiro atoms. The fourth-order valence-corrected chi connectivity index (χ4v) is 3.33. The second-order valence-electron chi connectivity index (χ2n) is 5.80. The summed E-state index contributed by atoms with van der Waals surface area (Å²) in [4.78, 5) is 0. The summed E-state index contributed by atoms with van der Waals surface area (Å²) in [7, 11) is 0. The largest absolute Gasteiger partial charge is 0.344 e. The molecular weight excluding hydrogens is 232 g/mol. The van der Waals surface area contributed by atoms with Crippen LogP contribution in [0.1, 0.15) is 50.1 Å². The molecule has 0 aliphatic heterocycles. The Morgan fingerprint density at radius 1 is 1.11 bits per heavy atom. The number of aryl methyl sites for hydroxylation is 1. The molecule has 1 saturated carbocycles. The predicted octanol–water partition coefficient (Wildman–Crippen LogP) is 4.04. The molecule has 0 atom stereocenters. The van der Waals surface area contributed by atoms with Gasteiger partial charge in [-0.05, 0) is 55.3 Å². The van der Waals surface area contributed by atoms with Gasteiger partial charge in [0, 0.05) is 17.8 Å². The van der Waals surface area contributed by atoms with E-state index in [9.17, 15) is 0 Å². The highest BCUT2D eigenvalue weighted by molar-refractivity contribution is 5.81. The molecule has 19 heavy (non-hydrogen) atoms. The van der Waals surface area contributed by atoms with E-state index in [4.69, 9.17) is 5.73 Å². The van der Waals surface area contributed by atoms with Gasteiger partial charge in [0.05, 0.1) is 0 Å². The Balaban J connectivity index is 1.90. The molecule has 0 saturated heterocycles. The van der Waals surface area contributed by atoms with Crippen molar-refractivity contribution in [1.29, 1.82) is 0 Å². The van der Waals surface area contributed by atoms with Crippen LogP contribution in [0.4, 0.5) is 0 Å². The molecule has 3 rings (SSSR count). The van der Waals surface area contributed by atoms with Crippen molar-refractivity contribution in [2.45, 2.75) is 51.0 Å². The van der Waals surface area contributed by atoms with Gasteiger partial charge in [-0.2, -0.15) is 0 Å². The number of benzene rings is 1. The van der Waals surface area contributed by atoms with Gasteiger partial charge < -0.3 is 10.3 Å². The summed E-state index contributed by atoms with van der Waals surface area (Å²) in [5, 5.41) is 1.38. The van der Waals surface area contributed by atoms with Crippen molar-refractivity contribution in [3.63, 3.8) is 0 Å². The van der Waals surface area contributed by atoms with Gasteiger partial charge in [0.2, 0.25) is 0 Å². The minimum absolute atomic E-state index is 0.719. The van der Waals surface area contributed by atoms with Crippen LogP contribution in [0.25, 0.3) is 10.9 Å². The summed E-state index contributed by atoms with van der Waals surface area (Å²) in [6.07, 6.45) is 11.3. The fraction of sp³-hybridized carbons (Fsp3) is 0.529. The first-order chi connectivity index (χ1) is 9.38. The number of aromatic nitrogens is 1. The molecule has 0 radical (unpaired) electrons. The normalized spacial score (nSPS) is 17.1. The van der Waals surface area contributed by atoms with Gasteiger partial charge in [0.1, 0.15) is 0 Å². The number of fused-ring (bicyclic) bond motifs is 1. The number of rotatable bonds is 4. The molecule has 0 amide bonds. The molecule has 1 aromatic heterocycles. The van der Waals surface area contributed by atoms with Crippen molar-refractivity contribution in [1.82, 2.24) is 4.57 Å². The predicted molar refractivity (Wildman–Crippen MR) is 81.4 cm³/mol. The third kappa shape index (κ3) is 2.69. The second-order valence-corrected chi connectivity index (χ2v) is 5.80. The van der Waals surface area contributed by atoms with Crippen molar-refractivity contribution in [2.24, 2.45) is 5.73 Å². The first-order valence-electron chi connectivity index (χ1n) is 7.68. The maximum Gasteiger partial charge on any atom is 0.0485 e. The van der Waals surface area contributed by atoms with E-state index in [-0.39, 0.29) is 0 Å². The summed E-state index contributed by atoms with van der Waals surface area (Å²) >= 11 is 0. The number of nitrogens with zero attached hydrogens (tertiary/aromatic N) is 1. The lowest BCUT2D eigenvalue weighted by Crippen LogP contribution is -2.11. The van der Waals surface area contributed by atoms with Crippen LogP contribution in [0.5, 0.6) is 0 Å². The molecule has 2 heteroatoms. The van der Waals surface area contributed by atoms with E-state index in [1.54, 1.807) is 0 Å². The van der Waals surface area contributed by atoms with Gasteiger partial charge in [-0.3, -0.25) is 0 Å². The molecule has 1 heterocycles. The van der Waals surface area contributed by atoms with Gasteiger partial charge in [0.25, 0.3) is 0 Å². The van der Waals surface area contributed by atoms with Crippen molar-refractivity contribution in [3.8, 4) is 0 Å². The molecule has 1 aliphatic rings. The molecule has 2 nitrogen and oxygen atoms in total. The van der Waals surface area contributed by atoms with Gasteiger partial charge in [-0.15, -0.1) is 0 Å². The maximum absolute atomic E-state index is 5.61. The van der Waals surface area contributed by atoms with Crippen molar-refractivity contribution in [3.05, 3.63) is 36.0 Å². The Kier molecular flexibility index (Phi) is 3.88. The third-order valence-electron chi connectivity index (χ3n) is 4.43. The highest BCUT2D eigenvalue weighted by Gasteiger charge is 2.16. The first kappa shape index (κ1) is 12.7. The lowest BCUT2D eigenvalue weighted by Gasteiger charge is -2.24. The molecule has 0 bridgehead atoms. The van der Waals surface area contributed by atoms with E-state index >= 15 is 0 Å². The van der Waals surface area contributed by atoms with E-state index in [1.165, 1.54) is 48.6 Å². The summed E-state index contributed by atoms with van der Waals surface area (Å²) in [6.45, 7) is 0.779. The highest BCUT2D eigenvalue weighted by atomic mass is 15.0. The number of nitrogens with two attached hydrogens (primary N) is 1. The second kappa shape index (κ2) is 5.79. The topological polar surface area (TPSA) is 30.9 Å². The molecule has 1 aliphatic carbocycles. The Morgan fingerprint density at radius 3 is 2.74 bits per heavy atom. The number of hydrogen-bond donors (Lipinski definition) is 1. The van der Waals surface area contributed by atoms with Crippen molar-refractivity contribution < 1.29 is 0 Å². The molecule has 1 fully saturated rings. The SMILES string of the molecule is NCCCc1ccc2ccn(C3CCCCC3)c2c1. The average molecular weight is 256 g/mol. The molecule has 1 aromatic carbocycles. The Hall–Kier alpha value is -1.28. The Labute approximate surface area is 115 Å². The Morgan fingerprint density at radius 2 is 1.95 bits per heavy atom. The zero-order valence-electron chi connectivity index (χ0n) is 11.6. The molecule has 2 aromatic rings. The summed E-state index contributed by atoms with van der Waals surface area (Å²) < 4.78 is 2.51. The van der Waals surface area contributed by atoms with E-state index in [1.807, 2.05) is 0 Å². The van der Waals surface area contributed by atoms with Crippen LogP contribution < -0.4 is 5.73 Å². The van der Waals surface area contributed by atoms with Gasteiger partial charge >= 0.3 is 0 Å². The third-order valence-corrected chi connectivity index (χ3v) is 4.43. The molecule has 102 valence electrons. The molecule has 2 N–H and O–H groups in total. The van der Waals surface area contributed by atoms with Gasteiger partial charge in [0.15, 0.2) is 0 Å². The van der Waals surface area contributed by atoms with E-state index in [2.05, 4.69) is 35.0 Å². The van der Waals surface area contributed by atoms with Crippen LogP contribution >= 0.6 is 0 Å². The minimum atomic E-state index is 0.719. The fourth-order valence-electron chi connectivity index (χ4n) is 3.33. The molecule has 0 unspecified atom stereocenters. The number of hydrogen-bond acceptors (Lipinski definition) is 1. The zero-order valence-corrected chi connectivity index (χ0v) is 11.6. The Bertz CT molecular complexity index is 535. The van der Waals surface area contributed by atoms with Crippen LogP contribution in [0, 0.1) is 0 Å². The first-order valence-corrected chi connectivity index (χ1v) is 7.68. The zero-order chi connectivity index (χ0) is 13.1. The maximum atomic E-state index is 5.61. The van der Waals surface area contributed by atoms with E-state index in [0.717, 1.165) is 25.4 Å². The molecular formula is C17H24N2. The van der Waals surface area contributed by atoms with E-state index in [0.29, 0.717) is 0 Å². The quantitative estimate of drug-likeness (QED) is 0.879. The lowest BCUT2D eigenvalue weighted by molar-refractivity contribution is 0.361. The van der Waals surface area contributed by atoms with E-state index < -0.39 is 0 Å². The average Bonchev–Trinajstić information content (AvgIpc) is 2.89. The smallest absolute Gasteiger partial charge is 0.0485 e. The van der Waals surface area contributed by atoms with Crippen LogP contribution in [0.2, 0.25) is 0 Å². The van der Waals surface area contributed by atoms with Crippen molar-refractivity contribution >= 4 is 10.9 Å². The van der Waals surface area contributed by atoms with Crippen LogP contribution in [-0.2, 0) is 6.42 Å². The van der Waals surface area contributed by atoms with Gasteiger partial charge in [-0.25, -0.2) is 0 Å². The highest BCUT2D eigenvalue weighted by Crippen LogP contribution is 2.31. The van der Waals surface area contributed by atoms with Gasteiger partial charge in [-0.1, -0.05) is 31.4 Å².